The van der Waals surface area contributed by atoms with Gasteiger partial charge in [0, 0.05) is 49.0 Å². The SMILES string of the molecule is C=Cn1cc(CNc2ccc(N3CCCC3)cc2C)cn1. The molecule has 0 radical (unpaired) electrons. The lowest BCUT2D eigenvalue weighted by atomic mass is 10.1. The Balaban J connectivity index is 1.66. The third-order valence-corrected chi connectivity index (χ3v) is 4.01. The Bertz CT molecular complexity index is 623. The molecule has 0 spiro atoms. The van der Waals surface area contributed by atoms with E-state index in [1.54, 1.807) is 10.9 Å². The van der Waals surface area contributed by atoms with E-state index in [0.29, 0.717) is 0 Å². The first-order valence-electron chi connectivity index (χ1n) is 7.51. The average Bonchev–Trinajstić information content (AvgIpc) is 3.17. The minimum atomic E-state index is 0.776. The van der Waals surface area contributed by atoms with E-state index in [0.717, 1.165) is 12.1 Å². The maximum Gasteiger partial charge on any atom is 0.0543 e. The number of aryl methyl sites for hydroxylation is 1. The molecule has 0 saturated carbocycles. The molecular weight excluding hydrogens is 260 g/mol. The lowest BCUT2D eigenvalue weighted by molar-refractivity contribution is 0.936. The fraction of sp³-hybridized carbons (Fsp3) is 0.353. The van der Waals surface area contributed by atoms with Gasteiger partial charge in [0.15, 0.2) is 0 Å². The van der Waals surface area contributed by atoms with Crippen molar-refractivity contribution in [2.75, 3.05) is 23.3 Å². The molecule has 2 aromatic rings. The highest BCUT2D eigenvalue weighted by atomic mass is 15.2. The Kier molecular flexibility index (Phi) is 3.95. The molecule has 1 N–H and O–H groups in total. The van der Waals surface area contributed by atoms with Crippen molar-refractivity contribution < 1.29 is 0 Å². The van der Waals surface area contributed by atoms with Gasteiger partial charge in [-0.1, -0.05) is 6.58 Å². The topological polar surface area (TPSA) is 33.1 Å². The van der Waals surface area contributed by atoms with E-state index < -0.39 is 0 Å². The Labute approximate surface area is 126 Å². The quantitative estimate of drug-likeness (QED) is 0.911. The molecule has 0 atom stereocenters. The molecule has 2 heterocycles. The molecule has 1 aliphatic rings. The number of benzene rings is 1. The van der Waals surface area contributed by atoms with Gasteiger partial charge in [-0.3, -0.25) is 0 Å². The van der Waals surface area contributed by atoms with Gasteiger partial charge in [-0.25, -0.2) is 4.68 Å². The highest BCUT2D eigenvalue weighted by molar-refractivity contribution is 5.60. The molecule has 0 amide bonds. The second-order valence-electron chi connectivity index (χ2n) is 5.56. The van der Waals surface area contributed by atoms with Crippen LogP contribution in [0.2, 0.25) is 0 Å². The minimum Gasteiger partial charge on any atom is -0.381 e. The minimum absolute atomic E-state index is 0.776. The van der Waals surface area contributed by atoms with Gasteiger partial charge in [0.05, 0.1) is 6.20 Å². The number of nitrogens with one attached hydrogen (secondary N) is 1. The van der Waals surface area contributed by atoms with E-state index in [1.165, 1.54) is 42.9 Å². The van der Waals surface area contributed by atoms with E-state index in [2.05, 4.69) is 47.0 Å². The van der Waals surface area contributed by atoms with Crippen molar-refractivity contribution in [2.45, 2.75) is 26.3 Å². The summed E-state index contributed by atoms with van der Waals surface area (Å²) in [7, 11) is 0. The van der Waals surface area contributed by atoms with Gasteiger partial charge in [-0.05, 0) is 43.5 Å². The number of rotatable bonds is 5. The Morgan fingerprint density at radius 1 is 1.33 bits per heavy atom. The lowest BCUT2D eigenvalue weighted by Gasteiger charge is -2.19. The molecule has 1 saturated heterocycles. The van der Waals surface area contributed by atoms with Crippen LogP contribution < -0.4 is 10.2 Å². The largest absolute Gasteiger partial charge is 0.381 e. The van der Waals surface area contributed by atoms with Crippen LogP contribution in [0.25, 0.3) is 6.20 Å². The van der Waals surface area contributed by atoms with Crippen LogP contribution in [0.15, 0.2) is 37.2 Å². The van der Waals surface area contributed by atoms with Gasteiger partial charge < -0.3 is 10.2 Å². The van der Waals surface area contributed by atoms with Gasteiger partial charge in [0.25, 0.3) is 0 Å². The molecule has 0 aliphatic carbocycles. The first-order valence-corrected chi connectivity index (χ1v) is 7.51. The first kappa shape index (κ1) is 13.7. The van der Waals surface area contributed by atoms with Gasteiger partial charge in [0.1, 0.15) is 0 Å². The fourth-order valence-corrected chi connectivity index (χ4v) is 2.78. The van der Waals surface area contributed by atoms with E-state index >= 15 is 0 Å². The number of nitrogens with zero attached hydrogens (tertiary/aromatic N) is 3. The predicted molar refractivity (Wildman–Crippen MR) is 88.6 cm³/mol. The van der Waals surface area contributed by atoms with Crippen LogP contribution in [-0.4, -0.2) is 22.9 Å². The lowest BCUT2D eigenvalue weighted by Crippen LogP contribution is -2.17. The molecule has 4 nitrogen and oxygen atoms in total. The van der Waals surface area contributed by atoms with Crippen molar-refractivity contribution in [1.82, 2.24) is 9.78 Å². The smallest absolute Gasteiger partial charge is 0.0543 e. The summed E-state index contributed by atoms with van der Waals surface area (Å²) in [5.74, 6) is 0. The van der Waals surface area contributed by atoms with Gasteiger partial charge >= 0.3 is 0 Å². The second kappa shape index (κ2) is 6.04. The normalized spacial score (nSPS) is 14.4. The summed E-state index contributed by atoms with van der Waals surface area (Å²) in [4.78, 5) is 2.46. The van der Waals surface area contributed by atoms with Crippen LogP contribution in [0.3, 0.4) is 0 Å². The summed E-state index contributed by atoms with van der Waals surface area (Å²) < 4.78 is 1.72. The van der Waals surface area contributed by atoms with Crippen molar-refractivity contribution in [2.24, 2.45) is 0 Å². The van der Waals surface area contributed by atoms with Crippen LogP contribution in [0.5, 0.6) is 0 Å². The fourth-order valence-electron chi connectivity index (χ4n) is 2.78. The molecule has 1 aliphatic heterocycles. The number of anilines is 2. The molecule has 4 heteroatoms. The van der Waals surface area contributed by atoms with Crippen molar-refractivity contribution in [3.05, 3.63) is 48.3 Å². The van der Waals surface area contributed by atoms with Crippen LogP contribution in [-0.2, 0) is 6.54 Å². The maximum atomic E-state index is 4.19. The van der Waals surface area contributed by atoms with E-state index in [4.69, 9.17) is 0 Å². The number of hydrogen-bond donors (Lipinski definition) is 1. The molecule has 0 bridgehead atoms. The van der Waals surface area contributed by atoms with Gasteiger partial charge in [-0.15, -0.1) is 0 Å². The van der Waals surface area contributed by atoms with E-state index in [1.807, 2.05) is 12.4 Å². The Hall–Kier alpha value is -2.23. The summed E-state index contributed by atoms with van der Waals surface area (Å²) in [6.07, 6.45) is 8.16. The monoisotopic (exact) mass is 282 g/mol. The zero-order valence-electron chi connectivity index (χ0n) is 12.5. The molecule has 1 aromatic carbocycles. The predicted octanol–water partition coefficient (Wildman–Crippen LogP) is 3.50. The van der Waals surface area contributed by atoms with Gasteiger partial charge in [0.2, 0.25) is 0 Å². The molecule has 1 aromatic heterocycles. The summed E-state index contributed by atoms with van der Waals surface area (Å²) in [6.45, 7) is 9.01. The standard InChI is InChI=1S/C17H22N4/c1-3-21-13-15(12-19-21)11-18-17-7-6-16(10-14(17)2)20-8-4-5-9-20/h3,6-7,10,12-13,18H,1,4-5,8-9,11H2,2H3. The average molecular weight is 282 g/mol. The van der Waals surface area contributed by atoms with Gasteiger partial charge in [-0.2, -0.15) is 5.10 Å². The summed E-state index contributed by atoms with van der Waals surface area (Å²) in [5, 5.41) is 7.67. The third-order valence-electron chi connectivity index (χ3n) is 4.01. The number of hydrogen-bond acceptors (Lipinski definition) is 3. The molecule has 110 valence electrons. The molecule has 21 heavy (non-hydrogen) atoms. The molecule has 1 fully saturated rings. The third kappa shape index (κ3) is 3.10. The van der Waals surface area contributed by atoms with Crippen molar-refractivity contribution in [3.8, 4) is 0 Å². The van der Waals surface area contributed by atoms with Crippen molar-refractivity contribution in [1.29, 1.82) is 0 Å². The summed E-state index contributed by atoms with van der Waals surface area (Å²) >= 11 is 0. The van der Waals surface area contributed by atoms with Crippen molar-refractivity contribution >= 4 is 17.6 Å². The van der Waals surface area contributed by atoms with Crippen LogP contribution >= 0.6 is 0 Å². The molecule has 0 unspecified atom stereocenters. The first-order chi connectivity index (χ1) is 10.3. The summed E-state index contributed by atoms with van der Waals surface area (Å²) in [6, 6.07) is 6.68. The van der Waals surface area contributed by atoms with Crippen molar-refractivity contribution in [3.63, 3.8) is 0 Å². The maximum absolute atomic E-state index is 4.19. The molecule has 3 rings (SSSR count). The van der Waals surface area contributed by atoms with Crippen LogP contribution in [0.1, 0.15) is 24.0 Å². The Morgan fingerprint density at radius 2 is 2.14 bits per heavy atom. The van der Waals surface area contributed by atoms with Crippen LogP contribution in [0, 0.1) is 6.92 Å². The number of aromatic nitrogens is 2. The Morgan fingerprint density at radius 3 is 2.81 bits per heavy atom. The second-order valence-corrected chi connectivity index (χ2v) is 5.56. The zero-order chi connectivity index (χ0) is 14.7. The van der Waals surface area contributed by atoms with E-state index in [-0.39, 0.29) is 0 Å². The highest BCUT2D eigenvalue weighted by Gasteiger charge is 2.12. The van der Waals surface area contributed by atoms with Crippen LogP contribution in [0.4, 0.5) is 11.4 Å². The zero-order valence-corrected chi connectivity index (χ0v) is 12.5. The molecular formula is C17H22N4. The highest BCUT2D eigenvalue weighted by Crippen LogP contribution is 2.25. The summed E-state index contributed by atoms with van der Waals surface area (Å²) in [5.41, 5.74) is 4.97. The van der Waals surface area contributed by atoms with E-state index in [9.17, 15) is 0 Å².